The molecule has 5 heterocycles. The molecule has 0 aromatic carbocycles. The summed E-state index contributed by atoms with van der Waals surface area (Å²) in [5, 5.41) is 28.3. The average Bonchev–Trinajstić information content (AvgIpc) is 3.57. The van der Waals surface area contributed by atoms with E-state index in [1.165, 1.54) is 25.6 Å². The highest BCUT2D eigenvalue weighted by Crippen LogP contribution is 2.40. The fourth-order valence-corrected chi connectivity index (χ4v) is 7.15. The zero-order valence-corrected chi connectivity index (χ0v) is 27.3. The van der Waals surface area contributed by atoms with Crippen LogP contribution in [0.25, 0.3) is 11.2 Å². The summed E-state index contributed by atoms with van der Waals surface area (Å²) in [7, 11) is 1.89. The molecule has 6 N–H and O–H groups in total. The van der Waals surface area contributed by atoms with E-state index < -0.39 is 46.5 Å². The summed E-state index contributed by atoms with van der Waals surface area (Å²) in [5.74, 6) is -3.95. The number of carbonyl (C=O) groups is 4. The van der Waals surface area contributed by atoms with Crippen molar-refractivity contribution in [2.75, 3.05) is 25.1 Å². The molecule has 2 amide bonds. The molecular weight excluding hydrogens is 662 g/mol. The van der Waals surface area contributed by atoms with Gasteiger partial charge in [0.15, 0.2) is 10.8 Å². The Hall–Kier alpha value is -4.26. The van der Waals surface area contributed by atoms with Crippen molar-refractivity contribution in [3.8, 4) is 0 Å². The molecule has 5 rings (SSSR count). The van der Waals surface area contributed by atoms with E-state index in [1.54, 1.807) is 6.33 Å². The number of anilines is 1. The van der Waals surface area contributed by atoms with Crippen molar-refractivity contribution in [3.63, 3.8) is 0 Å². The summed E-state index contributed by atoms with van der Waals surface area (Å²) in [5.41, 5.74) is 5.18. The van der Waals surface area contributed by atoms with Crippen molar-refractivity contribution in [1.82, 2.24) is 30.1 Å². The third kappa shape index (κ3) is 6.37. The molecule has 2 aliphatic rings. The smallest absolute Gasteiger partial charge is 0.352 e. The van der Waals surface area contributed by atoms with Gasteiger partial charge in [0.2, 0.25) is 11.9 Å². The highest BCUT2D eigenvalue weighted by atomic mass is 35.5. The normalized spacial score (nSPS) is 18.4. The maximum atomic E-state index is 13.4. The molecule has 0 bridgehead atoms. The highest BCUT2D eigenvalue weighted by molar-refractivity contribution is 8.00. The Labute approximate surface area is 275 Å². The predicted molar refractivity (Wildman–Crippen MR) is 169 cm³/mol. The third-order valence-corrected chi connectivity index (χ3v) is 9.72. The number of nitrogen functional groups attached to an aromatic ring is 1. The molecule has 244 valence electrons. The average molecular weight is 693 g/mol. The maximum Gasteiger partial charge on any atom is 0.352 e. The number of carboxylic acid groups (broad SMARTS) is 2. The Morgan fingerprint density at radius 1 is 1.33 bits per heavy atom. The number of thioether (sulfide) groups is 1. The lowest BCUT2D eigenvalue weighted by Crippen LogP contribution is -2.71. The lowest BCUT2D eigenvalue weighted by Gasteiger charge is -2.49. The van der Waals surface area contributed by atoms with Gasteiger partial charge in [-0.15, -0.1) is 11.8 Å². The molecule has 3 aromatic heterocycles. The topological polar surface area (TPSA) is 218 Å². The summed E-state index contributed by atoms with van der Waals surface area (Å²) in [4.78, 5) is 65.7. The van der Waals surface area contributed by atoms with Crippen LogP contribution in [0.3, 0.4) is 0 Å². The minimum Gasteiger partial charge on any atom is -0.478 e. The highest BCUT2D eigenvalue weighted by Gasteiger charge is 2.54. The second-order valence-electron chi connectivity index (χ2n) is 10.9. The number of hydrogen-bond donors (Lipinski definition) is 5. The lowest BCUT2D eigenvalue weighted by atomic mass is 10.0. The van der Waals surface area contributed by atoms with Crippen LogP contribution in [-0.2, 0) is 37.1 Å². The number of nitrogens with one attached hydrogen (secondary N) is 2. The van der Waals surface area contributed by atoms with E-state index in [1.807, 2.05) is 34.5 Å². The molecule has 2 aliphatic heterocycles. The van der Waals surface area contributed by atoms with Crippen LogP contribution < -0.4 is 20.9 Å². The molecule has 19 heteroatoms. The van der Waals surface area contributed by atoms with Gasteiger partial charge < -0.3 is 36.0 Å². The fourth-order valence-electron chi connectivity index (χ4n) is 4.89. The van der Waals surface area contributed by atoms with E-state index in [-0.39, 0.29) is 33.2 Å². The maximum absolute atomic E-state index is 13.4. The van der Waals surface area contributed by atoms with Gasteiger partial charge in [-0.2, -0.15) is 0 Å². The van der Waals surface area contributed by atoms with Crippen LogP contribution in [0.2, 0.25) is 4.34 Å². The standard InChI is InChI=1S/C27H30ClN9O7S2/c1-27(2,25(42)43)44-34-16(15-19(28)46-26(29)33-15)21(38)32-17-22(39)37-18(24(40)41)13(11-45-23(17)37)10-35-8-4-6-14-20(35)31-12-36(14)9-5-7-30-3/h4,6,8,12,17,23,30H,5,7,9-11H2,1-3H3,(H4-,29,32,33,38,40,41,42,43)/p+1. The Morgan fingerprint density at radius 3 is 2.74 bits per heavy atom. The Morgan fingerprint density at radius 2 is 2.09 bits per heavy atom. The molecule has 3 aromatic rings. The van der Waals surface area contributed by atoms with Gasteiger partial charge in [-0.3, -0.25) is 14.5 Å². The number of aliphatic carboxylic acids is 2. The number of β-lactam (4-membered cyclic amide) rings is 1. The number of aryl methyl sites for hydroxylation is 1. The summed E-state index contributed by atoms with van der Waals surface area (Å²) < 4.78 is 3.87. The Balaban J connectivity index is 1.37. The van der Waals surface area contributed by atoms with Gasteiger partial charge in [0.1, 0.15) is 39.2 Å². The summed E-state index contributed by atoms with van der Waals surface area (Å²) >= 11 is 8.36. The monoisotopic (exact) mass is 692 g/mol. The molecule has 1 saturated heterocycles. The van der Waals surface area contributed by atoms with Gasteiger partial charge in [-0.05, 0) is 51.0 Å². The van der Waals surface area contributed by atoms with E-state index in [0.29, 0.717) is 11.2 Å². The molecule has 0 aliphatic carbocycles. The van der Waals surface area contributed by atoms with Gasteiger partial charge in [0.25, 0.3) is 11.8 Å². The van der Waals surface area contributed by atoms with Crippen LogP contribution in [0.5, 0.6) is 0 Å². The van der Waals surface area contributed by atoms with Gasteiger partial charge in [-0.25, -0.2) is 19.1 Å². The first kappa shape index (κ1) is 33.1. The van der Waals surface area contributed by atoms with Crippen LogP contribution in [0, 0.1) is 0 Å². The first-order chi connectivity index (χ1) is 21.8. The molecule has 0 radical (unpaired) electrons. The quantitative estimate of drug-likeness (QED) is 0.0548. The Bertz CT molecular complexity index is 1790. The first-order valence-electron chi connectivity index (χ1n) is 13.9. The third-order valence-electron chi connectivity index (χ3n) is 7.30. The van der Waals surface area contributed by atoms with Gasteiger partial charge in [0, 0.05) is 17.9 Å². The lowest BCUT2D eigenvalue weighted by molar-refractivity contribution is -0.664. The second kappa shape index (κ2) is 13.2. The summed E-state index contributed by atoms with van der Waals surface area (Å²) in [6, 6.07) is 2.69. The first-order valence-corrected chi connectivity index (χ1v) is 16.2. The predicted octanol–water partition coefficient (Wildman–Crippen LogP) is 0.648. The van der Waals surface area contributed by atoms with Crippen molar-refractivity contribution >= 4 is 80.5 Å². The van der Waals surface area contributed by atoms with Crippen LogP contribution in [0.4, 0.5) is 5.13 Å². The van der Waals surface area contributed by atoms with Gasteiger partial charge in [-0.1, -0.05) is 28.1 Å². The molecule has 46 heavy (non-hydrogen) atoms. The summed E-state index contributed by atoms with van der Waals surface area (Å²) in [6.07, 6.45) is 4.46. The molecule has 2 unspecified atom stereocenters. The Kier molecular flexibility index (Phi) is 9.52. The van der Waals surface area contributed by atoms with Crippen molar-refractivity contribution < 1.29 is 38.8 Å². The number of fused-ring (bicyclic) bond motifs is 2. The largest absolute Gasteiger partial charge is 0.478 e. The zero-order chi connectivity index (χ0) is 33.3. The van der Waals surface area contributed by atoms with Crippen LogP contribution in [0.15, 0.2) is 41.1 Å². The molecular formula is C27H31ClN9O7S2+. The van der Waals surface area contributed by atoms with E-state index >= 15 is 0 Å². The number of carboxylic acids is 2. The molecule has 1 fully saturated rings. The molecule has 2 atom stereocenters. The number of oxime groups is 1. The van der Waals surface area contributed by atoms with E-state index in [4.69, 9.17) is 22.2 Å². The number of rotatable bonds is 13. The van der Waals surface area contributed by atoms with Crippen molar-refractivity contribution in [1.29, 1.82) is 0 Å². The summed E-state index contributed by atoms with van der Waals surface area (Å²) in [6.45, 7) is 4.25. The molecule has 0 spiro atoms. The number of nitrogens with zero attached hydrogens (tertiary/aromatic N) is 6. The van der Waals surface area contributed by atoms with E-state index in [2.05, 4.69) is 25.8 Å². The van der Waals surface area contributed by atoms with Gasteiger partial charge >= 0.3 is 17.6 Å². The van der Waals surface area contributed by atoms with Crippen molar-refractivity contribution in [2.45, 2.75) is 50.4 Å². The molecule has 16 nitrogen and oxygen atoms in total. The molecule has 0 saturated carbocycles. The number of thiazole rings is 1. The SMILES string of the molecule is CNCCCn1cnc2c1ccc[n+]2CC1=C(C(=O)O)N2C(=O)C(NC(=O)C(=NOC(C)(C)C(=O)O)c3nc(N)sc3Cl)C2SC1. The van der Waals surface area contributed by atoms with Crippen LogP contribution >= 0.6 is 34.7 Å². The number of carbonyl (C=O) groups excluding carboxylic acids is 2. The second-order valence-corrected chi connectivity index (χ2v) is 13.6. The van der Waals surface area contributed by atoms with Crippen LogP contribution in [0.1, 0.15) is 26.0 Å². The number of imidazole rings is 1. The van der Waals surface area contributed by atoms with Gasteiger partial charge in [0.05, 0.1) is 6.20 Å². The minimum atomic E-state index is -1.81. The van der Waals surface area contributed by atoms with Crippen LogP contribution in [-0.4, -0.2) is 95.5 Å². The zero-order valence-electron chi connectivity index (χ0n) is 24.9. The minimum absolute atomic E-state index is 0.00667. The number of halogens is 1. The van der Waals surface area contributed by atoms with E-state index in [0.717, 1.165) is 41.3 Å². The number of nitrogens with two attached hydrogens (primary N) is 1. The number of amides is 2. The van der Waals surface area contributed by atoms with Crippen molar-refractivity contribution in [3.05, 3.63) is 46.0 Å². The van der Waals surface area contributed by atoms with E-state index in [9.17, 15) is 29.4 Å². The number of hydrogen-bond acceptors (Lipinski definition) is 12. The van der Waals surface area contributed by atoms with Crippen molar-refractivity contribution in [2.24, 2.45) is 5.16 Å². The fraction of sp³-hybridized carbons (Fsp3) is 0.407. The number of aromatic nitrogens is 4. The number of pyridine rings is 1.